The number of allylic oxidation sites excluding steroid dienone is 1. The molecule has 0 bridgehead atoms. The normalized spacial score (nSPS) is 8.50. The quantitative estimate of drug-likeness (QED) is 0.334. The van der Waals surface area contributed by atoms with Crippen LogP contribution >= 0.6 is 0 Å². The number of ether oxygens (including phenoxy) is 1. The molecule has 0 saturated carbocycles. The predicted molar refractivity (Wildman–Crippen MR) is 57.5 cm³/mol. The van der Waals surface area contributed by atoms with Crippen LogP contribution in [0.1, 0.15) is 6.92 Å². The number of carboxylic acid groups (broad SMARTS) is 1. The smallest absolute Gasteiger partial charge is 0.480 e. The molecule has 0 radical (unpaired) electrons. The lowest BCUT2D eigenvalue weighted by Crippen LogP contribution is -2.28. The first kappa shape index (κ1) is 17.0. The van der Waals surface area contributed by atoms with Gasteiger partial charge in [-0.15, -0.1) is 6.58 Å². The van der Waals surface area contributed by atoms with E-state index in [1.807, 2.05) is 0 Å². The first-order chi connectivity index (χ1) is 7.31. The topological polar surface area (TPSA) is 116 Å². The molecule has 16 heavy (non-hydrogen) atoms. The van der Waals surface area contributed by atoms with Crippen molar-refractivity contribution in [2.24, 2.45) is 0 Å². The molecular formula is C8H16BNO6. The van der Waals surface area contributed by atoms with E-state index in [-0.39, 0.29) is 13.1 Å². The lowest BCUT2D eigenvalue weighted by Gasteiger charge is -1.97. The monoisotopic (exact) mass is 233 g/mol. The Morgan fingerprint density at radius 2 is 1.81 bits per heavy atom. The van der Waals surface area contributed by atoms with E-state index in [2.05, 4.69) is 16.6 Å². The number of carbonyl (C=O) groups is 2. The number of hydrogen-bond acceptors (Lipinski definition) is 6. The van der Waals surface area contributed by atoms with Gasteiger partial charge in [0.05, 0.1) is 20.2 Å². The Hall–Kier alpha value is -1.38. The molecule has 0 saturated heterocycles. The number of nitrogens with one attached hydrogen (secondary N) is 1. The molecule has 0 aromatic heterocycles. The molecule has 0 rings (SSSR count). The highest BCUT2D eigenvalue weighted by Crippen LogP contribution is 1.83. The van der Waals surface area contributed by atoms with Gasteiger partial charge in [0.15, 0.2) is 0 Å². The Bertz CT molecular complexity index is 243. The van der Waals surface area contributed by atoms with Crippen LogP contribution < -0.4 is 5.32 Å². The third-order valence-electron chi connectivity index (χ3n) is 1.21. The van der Waals surface area contributed by atoms with Crippen molar-refractivity contribution >= 4 is 19.1 Å². The summed E-state index contributed by atoms with van der Waals surface area (Å²) in [6, 6.07) is 0. The van der Waals surface area contributed by atoms with Gasteiger partial charge >= 0.3 is 19.1 Å². The third kappa shape index (κ3) is 15.1. The summed E-state index contributed by atoms with van der Waals surface area (Å²) in [6.45, 7) is 4.51. The summed E-state index contributed by atoms with van der Waals surface area (Å²) in [4.78, 5) is 20.2. The molecule has 0 fully saturated rings. The van der Waals surface area contributed by atoms with Crippen LogP contribution in [0.25, 0.3) is 0 Å². The van der Waals surface area contributed by atoms with Crippen LogP contribution in [-0.4, -0.2) is 54.4 Å². The predicted octanol–water partition coefficient (Wildman–Crippen LogP) is -1.59. The van der Waals surface area contributed by atoms with Crippen molar-refractivity contribution < 1.29 is 29.5 Å². The SMILES string of the molecule is C=C(C)B(O)O.COC(=O)CNCC(=O)O. The average Bonchev–Trinajstić information content (AvgIpc) is 2.17. The number of rotatable bonds is 5. The van der Waals surface area contributed by atoms with E-state index in [1.165, 1.54) is 7.11 Å². The molecule has 0 spiro atoms. The van der Waals surface area contributed by atoms with Gasteiger partial charge in [-0.05, 0) is 6.92 Å². The van der Waals surface area contributed by atoms with E-state index in [0.29, 0.717) is 5.47 Å². The van der Waals surface area contributed by atoms with Crippen molar-refractivity contribution in [3.05, 3.63) is 12.1 Å². The first-order valence-corrected chi connectivity index (χ1v) is 4.32. The number of carbonyl (C=O) groups excluding carboxylic acids is 1. The minimum atomic E-state index is -1.34. The van der Waals surface area contributed by atoms with Crippen LogP contribution in [0.15, 0.2) is 12.1 Å². The number of carboxylic acids is 1. The molecule has 0 aliphatic carbocycles. The van der Waals surface area contributed by atoms with Gasteiger partial charge in [-0.1, -0.05) is 5.47 Å². The summed E-state index contributed by atoms with van der Waals surface area (Å²) in [6.07, 6.45) is 0. The summed E-state index contributed by atoms with van der Waals surface area (Å²) in [5, 5.41) is 26.6. The summed E-state index contributed by atoms with van der Waals surface area (Å²) in [7, 11) is -0.102. The van der Waals surface area contributed by atoms with Crippen LogP contribution in [0.3, 0.4) is 0 Å². The number of methoxy groups -OCH3 is 1. The molecule has 0 unspecified atom stereocenters. The summed E-state index contributed by atoms with van der Waals surface area (Å²) < 4.78 is 4.24. The number of hydrogen-bond donors (Lipinski definition) is 4. The fraction of sp³-hybridized carbons (Fsp3) is 0.500. The lowest BCUT2D eigenvalue weighted by molar-refractivity contribution is -0.140. The Morgan fingerprint density at radius 1 is 1.38 bits per heavy atom. The lowest BCUT2D eigenvalue weighted by atomic mass is 9.82. The second kappa shape index (κ2) is 10.2. The molecule has 4 N–H and O–H groups in total. The molecule has 8 heteroatoms. The largest absolute Gasteiger partial charge is 0.483 e. The van der Waals surface area contributed by atoms with Gasteiger partial charge in [0, 0.05) is 0 Å². The first-order valence-electron chi connectivity index (χ1n) is 4.32. The van der Waals surface area contributed by atoms with E-state index in [0.717, 1.165) is 0 Å². The van der Waals surface area contributed by atoms with Crippen molar-refractivity contribution in [2.75, 3.05) is 20.2 Å². The molecule has 0 aliphatic heterocycles. The van der Waals surface area contributed by atoms with Gasteiger partial charge in [-0.25, -0.2) is 0 Å². The van der Waals surface area contributed by atoms with Crippen LogP contribution in [0, 0.1) is 0 Å². The molecule has 0 amide bonds. The molecule has 0 atom stereocenters. The number of aliphatic carboxylic acids is 1. The van der Waals surface area contributed by atoms with E-state index in [4.69, 9.17) is 15.2 Å². The van der Waals surface area contributed by atoms with Crippen molar-refractivity contribution in [3.63, 3.8) is 0 Å². The fourth-order valence-electron chi connectivity index (χ4n) is 0.344. The molecule has 0 aromatic carbocycles. The van der Waals surface area contributed by atoms with Gasteiger partial charge in [-0.2, -0.15) is 0 Å². The highest BCUT2D eigenvalue weighted by atomic mass is 16.5. The average molecular weight is 233 g/mol. The van der Waals surface area contributed by atoms with E-state index in [9.17, 15) is 9.59 Å². The number of esters is 1. The Balaban J connectivity index is 0. The van der Waals surface area contributed by atoms with Crippen molar-refractivity contribution in [1.82, 2.24) is 5.32 Å². The van der Waals surface area contributed by atoms with E-state index >= 15 is 0 Å². The zero-order valence-corrected chi connectivity index (χ0v) is 9.27. The van der Waals surface area contributed by atoms with Gasteiger partial charge < -0.3 is 19.9 Å². The zero-order valence-electron chi connectivity index (χ0n) is 9.27. The maximum atomic E-state index is 10.3. The molecule has 7 nitrogen and oxygen atoms in total. The van der Waals surface area contributed by atoms with Crippen LogP contribution in [0.4, 0.5) is 0 Å². The minimum absolute atomic E-state index is 0.0667. The summed E-state index contributed by atoms with van der Waals surface area (Å²) in [5.41, 5.74) is 0.370. The van der Waals surface area contributed by atoms with Crippen LogP contribution in [0.5, 0.6) is 0 Å². The molecular weight excluding hydrogens is 217 g/mol. The second-order valence-electron chi connectivity index (χ2n) is 2.79. The van der Waals surface area contributed by atoms with E-state index < -0.39 is 19.1 Å². The standard InChI is InChI=1S/C5H9NO4.C3H7BO2/c1-10-5(9)3-6-2-4(7)8;1-3(2)4(5)6/h6H,2-3H2,1H3,(H,7,8);5-6H,1H2,2H3. The Labute approximate surface area is 93.9 Å². The van der Waals surface area contributed by atoms with E-state index in [1.54, 1.807) is 6.92 Å². The third-order valence-corrected chi connectivity index (χ3v) is 1.21. The summed E-state index contributed by atoms with van der Waals surface area (Å²) in [5.74, 6) is -1.47. The highest BCUT2D eigenvalue weighted by molar-refractivity contribution is 6.50. The maximum Gasteiger partial charge on any atom is 0.483 e. The minimum Gasteiger partial charge on any atom is -0.480 e. The van der Waals surface area contributed by atoms with Crippen LogP contribution in [0.2, 0.25) is 0 Å². The van der Waals surface area contributed by atoms with Crippen LogP contribution in [-0.2, 0) is 14.3 Å². The molecule has 0 heterocycles. The van der Waals surface area contributed by atoms with Crippen molar-refractivity contribution in [2.45, 2.75) is 6.92 Å². The van der Waals surface area contributed by atoms with Gasteiger partial charge in [0.1, 0.15) is 0 Å². The molecule has 92 valence electrons. The van der Waals surface area contributed by atoms with Gasteiger partial charge in [0.25, 0.3) is 0 Å². The molecule has 0 aliphatic rings. The van der Waals surface area contributed by atoms with Gasteiger partial charge in [0.2, 0.25) is 0 Å². The highest BCUT2D eigenvalue weighted by Gasteiger charge is 2.03. The van der Waals surface area contributed by atoms with Gasteiger partial charge in [-0.3, -0.25) is 14.9 Å². The van der Waals surface area contributed by atoms with Crippen molar-refractivity contribution in [3.8, 4) is 0 Å². The Kier molecular flexibility index (Phi) is 10.8. The second-order valence-corrected chi connectivity index (χ2v) is 2.79. The summed E-state index contributed by atoms with van der Waals surface area (Å²) >= 11 is 0. The maximum absolute atomic E-state index is 10.3. The van der Waals surface area contributed by atoms with Crippen molar-refractivity contribution in [1.29, 1.82) is 0 Å². The molecule has 0 aromatic rings. The zero-order chi connectivity index (χ0) is 13.1. The fourth-order valence-corrected chi connectivity index (χ4v) is 0.344. The Morgan fingerprint density at radius 3 is 2.06 bits per heavy atom.